The first kappa shape index (κ1) is 28.1. The first-order valence-corrected chi connectivity index (χ1v) is 15.1. The predicted molar refractivity (Wildman–Crippen MR) is 160 cm³/mol. The molecule has 39 heavy (non-hydrogen) atoms. The third-order valence-electron chi connectivity index (χ3n) is 7.99. The zero-order valence-electron chi connectivity index (χ0n) is 21.8. The van der Waals surface area contributed by atoms with Gasteiger partial charge in [0, 0.05) is 65.5 Å². The molecule has 1 saturated heterocycles. The smallest absolute Gasteiger partial charge is 0.228 e. The van der Waals surface area contributed by atoms with E-state index in [1.54, 1.807) is 12.1 Å². The van der Waals surface area contributed by atoms with Crippen molar-refractivity contribution in [1.82, 2.24) is 15.1 Å². The lowest BCUT2D eigenvalue weighted by Gasteiger charge is -2.41. The number of nitrogens with two attached hydrogens (primary N) is 1. The maximum absolute atomic E-state index is 13.5. The minimum Gasteiger partial charge on any atom is -0.358 e. The Morgan fingerprint density at radius 2 is 1.59 bits per heavy atom. The molecular weight excluding hydrogens is 551 g/mol. The molecular formula is C30H34Cl2N4O2S. The Balaban J connectivity index is 1.33. The molecule has 0 radical (unpaired) electrons. The van der Waals surface area contributed by atoms with Crippen LogP contribution < -0.4 is 11.1 Å². The number of dihydropyridines is 1. The van der Waals surface area contributed by atoms with Crippen LogP contribution in [-0.4, -0.2) is 63.0 Å². The molecule has 2 aromatic rings. The lowest BCUT2D eigenvalue weighted by molar-refractivity contribution is -0.132. The number of amides is 1. The van der Waals surface area contributed by atoms with Crippen LogP contribution in [0.1, 0.15) is 49.1 Å². The van der Waals surface area contributed by atoms with E-state index in [2.05, 4.69) is 10.2 Å². The van der Waals surface area contributed by atoms with E-state index in [-0.39, 0.29) is 18.2 Å². The number of nitrogens with one attached hydrogen (secondary N) is 1. The van der Waals surface area contributed by atoms with Crippen molar-refractivity contribution in [3.63, 3.8) is 0 Å². The van der Waals surface area contributed by atoms with Gasteiger partial charge >= 0.3 is 0 Å². The zero-order valence-corrected chi connectivity index (χ0v) is 24.2. The molecule has 6 nitrogen and oxygen atoms in total. The Kier molecular flexibility index (Phi) is 9.25. The minimum atomic E-state index is -0.286. The van der Waals surface area contributed by atoms with Gasteiger partial charge in [0.25, 0.3) is 0 Å². The number of rotatable bonds is 6. The van der Waals surface area contributed by atoms with Gasteiger partial charge in [-0.1, -0.05) is 65.7 Å². The molecule has 2 aromatic carbocycles. The van der Waals surface area contributed by atoms with Gasteiger partial charge in [-0.25, -0.2) is 4.21 Å². The number of nitrogens with zero attached hydrogens (tertiary/aromatic N) is 2. The van der Waals surface area contributed by atoms with Crippen molar-refractivity contribution in [1.29, 1.82) is 0 Å². The van der Waals surface area contributed by atoms with Gasteiger partial charge in [0.15, 0.2) is 0 Å². The van der Waals surface area contributed by atoms with Crippen molar-refractivity contribution in [2.75, 3.05) is 26.2 Å². The van der Waals surface area contributed by atoms with Crippen LogP contribution in [-0.2, 0) is 16.1 Å². The van der Waals surface area contributed by atoms with Crippen LogP contribution in [0.2, 0.25) is 10.0 Å². The number of carbonyl (C=O) groups is 1. The van der Waals surface area contributed by atoms with Crippen molar-refractivity contribution in [2.45, 2.75) is 50.1 Å². The van der Waals surface area contributed by atoms with E-state index in [9.17, 15) is 9.00 Å². The van der Waals surface area contributed by atoms with E-state index < -0.39 is 0 Å². The monoisotopic (exact) mass is 584 g/mol. The molecule has 1 aliphatic carbocycles. The molecule has 2 aliphatic heterocycles. The van der Waals surface area contributed by atoms with Gasteiger partial charge in [-0.15, -0.1) is 0 Å². The van der Waals surface area contributed by atoms with Gasteiger partial charge in [0.1, 0.15) is 0 Å². The number of hydrogen-bond acceptors (Lipinski definition) is 5. The average Bonchev–Trinajstić information content (AvgIpc) is 2.94. The molecule has 2 fully saturated rings. The first-order valence-electron chi connectivity index (χ1n) is 13.6. The van der Waals surface area contributed by atoms with E-state index in [0.717, 1.165) is 68.7 Å². The molecule has 1 saturated carbocycles. The van der Waals surface area contributed by atoms with Gasteiger partial charge < -0.3 is 16.0 Å². The fraction of sp³-hybridized carbons (Fsp3) is 0.400. The van der Waals surface area contributed by atoms with Crippen molar-refractivity contribution in [3.8, 4) is 0 Å². The van der Waals surface area contributed by atoms with Gasteiger partial charge in [-0.05, 0) is 49.5 Å². The second-order valence-corrected chi connectivity index (χ2v) is 11.9. The van der Waals surface area contributed by atoms with Gasteiger partial charge in [0.2, 0.25) is 5.91 Å². The summed E-state index contributed by atoms with van der Waals surface area (Å²) in [7, 11) is 0. The van der Waals surface area contributed by atoms with Gasteiger partial charge in [-0.2, -0.15) is 0 Å². The Bertz CT molecular complexity index is 1290. The lowest BCUT2D eigenvalue weighted by atomic mass is 9.90. The van der Waals surface area contributed by atoms with E-state index in [1.807, 2.05) is 53.5 Å². The SMILES string of the molecule is NC1CCC(N2CCN(C(=O)CC3=CC(c4c(Cl)cccc4Cl)C=C(C(=S=O)c4ccccc4)N3)CC2)CC1. The highest BCUT2D eigenvalue weighted by Gasteiger charge is 2.30. The highest BCUT2D eigenvalue weighted by atomic mass is 35.5. The molecule has 2 heterocycles. The number of hydrogen-bond donors (Lipinski definition) is 2. The lowest BCUT2D eigenvalue weighted by Crippen LogP contribution is -2.53. The van der Waals surface area contributed by atoms with Crippen LogP contribution in [0.25, 0.3) is 0 Å². The van der Waals surface area contributed by atoms with Crippen molar-refractivity contribution in [2.24, 2.45) is 5.73 Å². The second-order valence-electron chi connectivity index (χ2n) is 10.5. The Morgan fingerprint density at radius 1 is 0.923 bits per heavy atom. The minimum absolute atomic E-state index is 0.0698. The van der Waals surface area contributed by atoms with Crippen molar-refractivity contribution in [3.05, 3.63) is 93.2 Å². The summed E-state index contributed by atoms with van der Waals surface area (Å²) in [5, 5.41) is 4.47. The number of benzene rings is 2. The zero-order chi connectivity index (χ0) is 27.4. The van der Waals surface area contributed by atoms with E-state index in [4.69, 9.17) is 28.9 Å². The van der Waals surface area contributed by atoms with E-state index in [0.29, 0.717) is 43.9 Å². The molecule has 3 aliphatic rings. The summed E-state index contributed by atoms with van der Waals surface area (Å²) < 4.78 is 12.3. The third kappa shape index (κ3) is 6.67. The summed E-state index contributed by atoms with van der Waals surface area (Å²) in [4.78, 5) is 18.5. The average molecular weight is 586 g/mol. The summed E-state index contributed by atoms with van der Waals surface area (Å²) >= 11 is 13.6. The highest BCUT2D eigenvalue weighted by Crippen LogP contribution is 2.36. The van der Waals surface area contributed by atoms with Crippen LogP contribution in [0.5, 0.6) is 0 Å². The van der Waals surface area contributed by atoms with E-state index >= 15 is 0 Å². The molecule has 1 atom stereocenters. The molecule has 9 heteroatoms. The largest absolute Gasteiger partial charge is 0.358 e. The number of carbonyl (C=O) groups excluding carboxylic acids is 1. The van der Waals surface area contributed by atoms with Gasteiger partial charge in [0.05, 0.1) is 28.2 Å². The first-order chi connectivity index (χ1) is 18.9. The standard InChI is InChI=1S/C30H34Cl2N4O2S/c31-25-7-4-8-26(32)29(25)21-17-23(34-27(18-21)30(39-38)20-5-2-1-3-6-20)19-28(37)36-15-13-35(14-16-36)24-11-9-22(33)10-12-24/h1-8,17-18,21-22,24,34H,9-16,19,33H2. The molecule has 3 N–H and O–H groups in total. The summed E-state index contributed by atoms with van der Waals surface area (Å²) in [6, 6.07) is 15.9. The molecule has 1 unspecified atom stereocenters. The van der Waals surface area contributed by atoms with Gasteiger partial charge in [-0.3, -0.25) is 9.69 Å². The maximum atomic E-state index is 13.5. The molecule has 0 bridgehead atoms. The normalized spacial score (nSPS) is 23.9. The third-order valence-corrected chi connectivity index (χ3v) is 9.27. The fourth-order valence-electron chi connectivity index (χ4n) is 5.85. The van der Waals surface area contributed by atoms with Crippen LogP contribution in [0.15, 0.2) is 72.1 Å². The Hall–Kier alpha value is -2.42. The van der Waals surface area contributed by atoms with E-state index in [1.165, 1.54) is 0 Å². The number of piperazine rings is 1. The number of halogens is 2. The molecule has 1 amide bonds. The Labute approximate surface area is 243 Å². The van der Waals surface area contributed by atoms with Crippen LogP contribution in [0.3, 0.4) is 0 Å². The number of allylic oxidation sites excluding steroid dienone is 3. The van der Waals surface area contributed by atoms with Crippen LogP contribution in [0.4, 0.5) is 0 Å². The van der Waals surface area contributed by atoms with Crippen molar-refractivity contribution >= 4 is 45.2 Å². The predicted octanol–water partition coefficient (Wildman–Crippen LogP) is 4.69. The topological polar surface area (TPSA) is 78.7 Å². The fourth-order valence-corrected chi connectivity index (χ4v) is 6.94. The van der Waals surface area contributed by atoms with Crippen LogP contribution in [0, 0.1) is 0 Å². The quantitative estimate of drug-likeness (QED) is 0.380. The summed E-state index contributed by atoms with van der Waals surface area (Å²) in [6.07, 6.45) is 8.62. The molecule has 0 spiro atoms. The summed E-state index contributed by atoms with van der Waals surface area (Å²) in [6.45, 7) is 3.21. The summed E-state index contributed by atoms with van der Waals surface area (Å²) in [5.41, 5.74) is 9.06. The molecule has 5 rings (SSSR count). The maximum Gasteiger partial charge on any atom is 0.228 e. The van der Waals surface area contributed by atoms with Crippen LogP contribution >= 0.6 is 23.2 Å². The summed E-state index contributed by atoms with van der Waals surface area (Å²) in [5.74, 6) is -0.217. The van der Waals surface area contributed by atoms with Crippen molar-refractivity contribution < 1.29 is 9.00 Å². The second kappa shape index (κ2) is 12.8. The highest BCUT2D eigenvalue weighted by molar-refractivity contribution is 7.67. The molecule has 206 valence electrons. The molecule has 0 aromatic heterocycles. The Morgan fingerprint density at radius 3 is 2.23 bits per heavy atom.